The molecule has 0 radical (unpaired) electrons. The van der Waals surface area contributed by atoms with Crippen molar-refractivity contribution >= 4 is 17.5 Å². The number of carbonyl (C=O) groups excluding carboxylic acids is 2. The second-order valence-corrected chi connectivity index (χ2v) is 24.7. The summed E-state index contributed by atoms with van der Waals surface area (Å²) in [6.45, 7) is 6.10. The lowest BCUT2D eigenvalue weighted by molar-refractivity contribution is -0.173. The lowest BCUT2D eigenvalue weighted by Gasteiger charge is -2.62. The number of aliphatic hydroxyl groups excluding tert-OH is 2. The van der Waals surface area contributed by atoms with Gasteiger partial charge in [0.2, 0.25) is 5.82 Å². The average Bonchev–Trinajstić information content (AvgIpc) is 4.40. The van der Waals surface area contributed by atoms with Gasteiger partial charge in [-0.15, -0.1) is 0 Å². The van der Waals surface area contributed by atoms with Gasteiger partial charge in [0, 0.05) is 66.7 Å². The van der Waals surface area contributed by atoms with Gasteiger partial charge in [0.1, 0.15) is 34.7 Å². The first-order chi connectivity index (χ1) is 38.5. The number of piperidine rings is 2. The molecule has 416 valence electrons. The van der Waals surface area contributed by atoms with Crippen molar-refractivity contribution in [1.82, 2.24) is 25.3 Å². The van der Waals surface area contributed by atoms with Crippen LogP contribution in [-0.4, -0.2) is 139 Å². The summed E-state index contributed by atoms with van der Waals surface area (Å²) in [6.07, 6.45) is 2.11. The molecule has 19 heteroatoms. The second-order valence-electron chi connectivity index (χ2n) is 24.7. The minimum atomic E-state index is -1.62. The Bertz CT molecular complexity index is 3540. The quantitative estimate of drug-likeness (QED) is 0.0656. The summed E-state index contributed by atoms with van der Waals surface area (Å²) < 4.78 is 37.1. The van der Waals surface area contributed by atoms with Crippen molar-refractivity contribution in [2.75, 3.05) is 45.7 Å². The molecule has 4 fully saturated rings. The smallest absolute Gasteiger partial charge is 0.255 e. The van der Waals surface area contributed by atoms with Gasteiger partial charge >= 0.3 is 0 Å². The molecule has 4 aliphatic heterocycles. The Kier molecular flexibility index (Phi) is 10.6. The molecule has 2 saturated heterocycles. The predicted molar refractivity (Wildman–Crippen MR) is 287 cm³/mol. The molecule has 10 aliphatic rings. The number of phenols is 1. The third-order valence-electron chi connectivity index (χ3n) is 20.1. The number of aromatic nitrogens is 2. The molecule has 80 heavy (non-hydrogen) atoms. The molecule has 1 aromatic heterocycles. The van der Waals surface area contributed by atoms with Crippen molar-refractivity contribution in [3.63, 3.8) is 0 Å². The molecule has 6 aliphatic carbocycles. The van der Waals surface area contributed by atoms with Gasteiger partial charge in [-0.05, 0) is 113 Å². The maximum absolute atomic E-state index is 14.6. The number of likely N-dealkylation sites (tertiary alicyclic amines) is 2. The number of nitrogens with zero attached hydrogens (tertiary/aromatic N) is 4. The Labute approximate surface area is 461 Å². The van der Waals surface area contributed by atoms with E-state index >= 15 is 0 Å². The van der Waals surface area contributed by atoms with E-state index in [9.17, 15) is 35.1 Å². The number of aliphatic hydroxyl groups is 4. The number of anilines is 1. The number of benzene rings is 4. The number of amides is 2. The zero-order chi connectivity index (χ0) is 55.0. The van der Waals surface area contributed by atoms with Crippen LogP contribution < -0.4 is 34.3 Å². The second kappa shape index (κ2) is 17.1. The van der Waals surface area contributed by atoms with Crippen molar-refractivity contribution in [1.29, 1.82) is 0 Å². The number of rotatable bonds is 14. The van der Waals surface area contributed by atoms with Gasteiger partial charge in [-0.25, -0.2) is 0 Å². The number of methoxy groups -OCH3 is 2. The van der Waals surface area contributed by atoms with Crippen LogP contribution in [0.1, 0.15) is 86.9 Å². The minimum absolute atomic E-state index is 0.0257. The fourth-order valence-corrected chi connectivity index (χ4v) is 15.9. The Morgan fingerprint density at radius 3 is 2.05 bits per heavy atom. The number of aromatic hydroxyl groups is 1. The standard InChI is InChI=1S/C61H64N6O13/c1-57(2,56-63-53(65-80-56)31-8-6-5-7-9-31)64-55(72)37-27-61(74)44-23-32-12-15-39(68)49-45(32)58(61,51(78-49)48(37)70)19-21-67(44)29-34-22-42(34)77-41-16-13-33-24-43-60(73)26-36(54(71)62-38-25-35(75-3)14-17-40(38)76-4)47(69)52-59(60,46(33)50(41)79-52)18-20-66(43)28-30-10-11-30/h5-9,12-17,25,30,34,42-44,51-52,68-70,73-74H,10-11,18-24,26-29H2,1-4H3,(H,62,71)(H,64,72)/t34?,42?,43-,44-,51+,52+,58+,59+,60-,61-/m1/s1. The van der Waals surface area contributed by atoms with E-state index in [4.69, 9.17) is 28.2 Å². The van der Waals surface area contributed by atoms with Crippen molar-refractivity contribution < 1.29 is 63.3 Å². The van der Waals surface area contributed by atoms with Crippen molar-refractivity contribution in [3.8, 4) is 45.9 Å². The molecule has 19 nitrogen and oxygen atoms in total. The number of phenolic OH excluding ortho intramolecular Hbond substituents is 1. The van der Waals surface area contributed by atoms with Gasteiger partial charge in [-0.2, -0.15) is 4.98 Å². The molecule has 4 aromatic carbocycles. The molecular formula is C61H64N6O13. The summed E-state index contributed by atoms with van der Waals surface area (Å²) in [4.78, 5) is 38.4. The van der Waals surface area contributed by atoms with E-state index < -0.39 is 57.6 Å². The average molecular weight is 1090 g/mol. The van der Waals surface area contributed by atoms with Crippen LogP contribution in [0.2, 0.25) is 0 Å². The molecular weight excluding hydrogens is 1020 g/mol. The SMILES string of the molecule is COc1ccc(OC)c(NC(=O)C2=C(O)[C@@H]3Oc4c(OC5CC5CN5CC[C@]67c8c9ccc(O)c8O[C@H]6C(O)=C(C(=O)NC(C)(C)c6nc(-c8ccccc8)no6)C[C@@]7(O)[C@H]5C9)ccc5c4[C@@]34CCN(CC3CC3)[C@H](C5)[C@]4(O)C2)c1. The first-order valence-electron chi connectivity index (χ1n) is 28.0. The van der Waals surface area contributed by atoms with Crippen molar-refractivity contribution in [2.24, 2.45) is 11.8 Å². The number of ether oxygens (including phenoxy) is 5. The molecule has 7 N–H and O–H groups in total. The summed E-state index contributed by atoms with van der Waals surface area (Å²) in [6, 6.07) is 21.1. The van der Waals surface area contributed by atoms with Crippen LogP contribution in [0.15, 0.2) is 100.0 Å². The topological polar surface area (TPSA) is 251 Å². The van der Waals surface area contributed by atoms with Crippen molar-refractivity contribution in [2.45, 2.75) is 130 Å². The van der Waals surface area contributed by atoms with E-state index in [0.717, 1.165) is 41.6 Å². The van der Waals surface area contributed by atoms with E-state index in [1.54, 1.807) is 38.1 Å². The summed E-state index contributed by atoms with van der Waals surface area (Å²) in [5.41, 5.74) is -1.90. The van der Waals surface area contributed by atoms with Crippen LogP contribution in [0.25, 0.3) is 11.4 Å². The maximum Gasteiger partial charge on any atom is 0.255 e. The summed E-state index contributed by atoms with van der Waals surface area (Å²) >= 11 is 0. The molecule has 10 atom stereocenters. The molecule has 5 aromatic rings. The van der Waals surface area contributed by atoms with Gasteiger partial charge in [0.05, 0.1) is 53.1 Å². The van der Waals surface area contributed by atoms with Crippen molar-refractivity contribution in [3.05, 3.63) is 124 Å². The number of hydrogen-bond donors (Lipinski definition) is 7. The Hall–Kier alpha value is -7.32. The van der Waals surface area contributed by atoms with Gasteiger partial charge in [-0.1, -0.05) is 47.6 Å². The Morgan fingerprint density at radius 1 is 0.762 bits per heavy atom. The third kappa shape index (κ3) is 6.80. The largest absolute Gasteiger partial charge is 0.508 e. The maximum atomic E-state index is 14.6. The highest BCUT2D eigenvalue weighted by Crippen LogP contribution is 2.68. The molecule has 4 bridgehead atoms. The molecule has 5 heterocycles. The number of hydrogen-bond acceptors (Lipinski definition) is 17. The minimum Gasteiger partial charge on any atom is -0.508 e. The van der Waals surface area contributed by atoms with Crippen LogP contribution in [0.5, 0.6) is 34.5 Å². The molecule has 2 amide bonds. The summed E-state index contributed by atoms with van der Waals surface area (Å²) in [7, 11) is 3.04. The van der Waals surface area contributed by atoms with E-state index in [-0.39, 0.29) is 71.0 Å². The highest BCUT2D eigenvalue weighted by atomic mass is 16.5. The van der Waals surface area contributed by atoms with Gasteiger partial charge < -0.3 is 64.4 Å². The van der Waals surface area contributed by atoms with E-state index in [1.165, 1.54) is 14.2 Å². The van der Waals surface area contributed by atoms with Gasteiger partial charge in [0.15, 0.2) is 35.2 Å². The third-order valence-corrected chi connectivity index (χ3v) is 20.1. The summed E-state index contributed by atoms with van der Waals surface area (Å²) in [5.74, 6) is 1.43. The van der Waals surface area contributed by atoms with E-state index in [0.29, 0.717) is 97.7 Å². The molecule has 2 saturated carbocycles. The fourth-order valence-electron chi connectivity index (χ4n) is 15.9. The Balaban J connectivity index is 0.712. The van der Waals surface area contributed by atoms with Crippen LogP contribution in [0.4, 0.5) is 5.69 Å². The lowest BCUT2D eigenvalue weighted by Crippen LogP contribution is -2.76. The highest BCUT2D eigenvalue weighted by molar-refractivity contribution is 6.05. The van der Waals surface area contributed by atoms with E-state index in [1.807, 2.05) is 42.5 Å². The zero-order valence-corrected chi connectivity index (χ0v) is 45.0. The summed E-state index contributed by atoms with van der Waals surface area (Å²) in [5, 5.41) is 73.1. The van der Waals surface area contributed by atoms with Gasteiger partial charge in [0.25, 0.3) is 17.7 Å². The van der Waals surface area contributed by atoms with Crippen LogP contribution in [-0.2, 0) is 38.8 Å². The number of carbonyl (C=O) groups is 2. The first-order valence-corrected chi connectivity index (χ1v) is 28.0. The number of nitrogens with one attached hydrogen (secondary N) is 2. The van der Waals surface area contributed by atoms with Crippen LogP contribution in [0, 0.1) is 11.8 Å². The molecule has 2 spiro atoms. The predicted octanol–water partition coefficient (Wildman–Crippen LogP) is 6.18. The normalized spacial score (nSPS) is 32.1. The van der Waals surface area contributed by atoms with E-state index in [2.05, 4.69) is 36.6 Å². The zero-order valence-electron chi connectivity index (χ0n) is 45.0. The van der Waals surface area contributed by atoms with Crippen LogP contribution >= 0.6 is 0 Å². The lowest BCUT2D eigenvalue weighted by atomic mass is 9.49. The van der Waals surface area contributed by atoms with Gasteiger partial charge in [-0.3, -0.25) is 19.4 Å². The fraction of sp³-hybridized carbons (Fsp3) is 0.475. The first kappa shape index (κ1) is 49.7. The highest BCUT2D eigenvalue weighted by Gasteiger charge is 2.75. The molecule has 2 unspecified atom stereocenters. The monoisotopic (exact) mass is 1090 g/mol. The van der Waals surface area contributed by atoms with Crippen LogP contribution in [0.3, 0.4) is 0 Å². The molecule has 15 rings (SSSR count). The Morgan fingerprint density at radius 2 is 1.39 bits per heavy atom.